The summed E-state index contributed by atoms with van der Waals surface area (Å²) < 4.78 is 2.07. The predicted molar refractivity (Wildman–Crippen MR) is 122 cm³/mol. The first-order chi connectivity index (χ1) is 15.3. The van der Waals surface area contributed by atoms with Crippen molar-refractivity contribution in [1.29, 1.82) is 0 Å². The van der Waals surface area contributed by atoms with Crippen molar-refractivity contribution in [1.82, 2.24) is 25.1 Å². The molecule has 0 aliphatic heterocycles. The number of nitrogens with zero attached hydrogens (tertiary/aromatic N) is 4. The number of nitrogens with one attached hydrogen (secondary N) is 1. The summed E-state index contributed by atoms with van der Waals surface area (Å²) in [4.78, 5) is 16.6. The second-order valence-corrected chi connectivity index (χ2v) is 7.93. The number of aryl methyl sites for hydroxylation is 1. The first-order valence-corrected chi connectivity index (χ1v) is 11.1. The summed E-state index contributed by atoms with van der Waals surface area (Å²) in [6.07, 6.45) is 4.37. The van der Waals surface area contributed by atoms with Gasteiger partial charge >= 0.3 is 0 Å². The van der Waals surface area contributed by atoms with Gasteiger partial charge in [-0.15, -0.1) is 10.2 Å². The predicted octanol–water partition coefficient (Wildman–Crippen LogP) is 3.99. The number of rotatable bonds is 9. The highest BCUT2D eigenvalue weighted by Crippen LogP contribution is 2.24. The number of benzene rings is 2. The fraction of sp³-hybridized carbons (Fsp3) is 0.167. The molecule has 0 aliphatic rings. The standard InChI is InChI=1S/C24H23N5OS/c30-22(26-16-20-10-5-2-6-11-20)18-31-24-28-27-23(21-12-7-14-25-17-21)29(24)15-13-19-8-3-1-4-9-19/h1-12,14,17H,13,15-16,18H2,(H,26,30). The molecule has 0 spiro atoms. The molecule has 1 amide bonds. The van der Waals surface area contributed by atoms with Gasteiger partial charge in [-0.25, -0.2) is 0 Å². The van der Waals surface area contributed by atoms with Crippen molar-refractivity contribution in [2.24, 2.45) is 0 Å². The van der Waals surface area contributed by atoms with E-state index in [1.54, 1.807) is 12.4 Å². The third kappa shape index (κ3) is 5.79. The molecule has 4 rings (SSSR count). The van der Waals surface area contributed by atoms with Crippen molar-refractivity contribution in [3.8, 4) is 11.4 Å². The molecule has 2 aromatic carbocycles. The Balaban J connectivity index is 1.44. The van der Waals surface area contributed by atoms with Gasteiger partial charge in [-0.05, 0) is 29.7 Å². The summed E-state index contributed by atoms with van der Waals surface area (Å²) in [5, 5.41) is 12.4. The fourth-order valence-corrected chi connectivity index (χ4v) is 3.96. The van der Waals surface area contributed by atoms with Crippen LogP contribution in [0, 0.1) is 0 Å². The molecule has 6 nitrogen and oxygen atoms in total. The van der Waals surface area contributed by atoms with E-state index in [1.165, 1.54) is 17.3 Å². The number of carbonyl (C=O) groups is 1. The number of hydrogen-bond acceptors (Lipinski definition) is 5. The summed E-state index contributed by atoms with van der Waals surface area (Å²) in [6.45, 7) is 1.23. The lowest BCUT2D eigenvalue weighted by Gasteiger charge is -2.10. The van der Waals surface area contributed by atoms with Crippen LogP contribution in [-0.4, -0.2) is 31.4 Å². The van der Waals surface area contributed by atoms with Crippen LogP contribution in [0.4, 0.5) is 0 Å². The summed E-state index contributed by atoms with van der Waals surface area (Å²) in [5.41, 5.74) is 3.22. The van der Waals surface area contributed by atoms with Gasteiger partial charge in [-0.2, -0.15) is 0 Å². The molecule has 156 valence electrons. The van der Waals surface area contributed by atoms with E-state index in [9.17, 15) is 4.79 Å². The van der Waals surface area contributed by atoms with Crippen LogP contribution in [-0.2, 0) is 24.3 Å². The molecule has 0 bridgehead atoms. The maximum atomic E-state index is 12.4. The Morgan fingerprint density at radius 2 is 1.65 bits per heavy atom. The minimum Gasteiger partial charge on any atom is -0.351 e. The van der Waals surface area contributed by atoms with Gasteiger partial charge in [0.05, 0.1) is 5.75 Å². The molecule has 0 radical (unpaired) electrons. The lowest BCUT2D eigenvalue weighted by atomic mass is 10.1. The molecule has 0 fully saturated rings. The van der Waals surface area contributed by atoms with Gasteiger partial charge in [-0.3, -0.25) is 9.78 Å². The molecule has 2 heterocycles. The van der Waals surface area contributed by atoms with E-state index in [2.05, 4.69) is 37.2 Å². The molecule has 7 heteroatoms. The van der Waals surface area contributed by atoms with Crippen LogP contribution in [0.5, 0.6) is 0 Å². The molecular weight excluding hydrogens is 406 g/mol. The molecule has 0 unspecified atom stereocenters. The average molecular weight is 430 g/mol. The fourth-order valence-electron chi connectivity index (χ4n) is 3.17. The highest BCUT2D eigenvalue weighted by Gasteiger charge is 2.16. The number of aromatic nitrogens is 4. The Labute approximate surface area is 185 Å². The smallest absolute Gasteiger partial charge is 0.230 e. The van der Waals surface area contributed by atoms with Crippen LogP contribution >= 0.6 is 11.8 Å². The maximum Gasteiger partial charge on any atom is 0.230 e. The van der Waals surface area contributed by atoms with Crippen LogP contribution in [0.3, 0.4) is 0 Å². The SMILES string of the molecule is O=C(CSc1nnc(-c2cccnc2)n1CCc1ccccc1)NCc1ccccc1. The number of carbonyl (C=O) groups excluding carboxylic acids is 1. The first kappa shape index (κ1) is 20.8. The van der Waals surface area contributed by atoms with E-state index < -0.39 is 0 Å². The first-order valence-electron chi connectivity index (χ1n) is 10.1. The van der Waals surface area contributed by atoms with Crippen LogP contribution in [0.2, 0.25) is 0 Å². The molecule has 0 saturated heterocycles. The Kier molecular flexibility index (Phi) is 7.08. The normalized spacial score (nSPS) is 10.7. The number of amides is 1. The van der Waals surface area contributed by atoms with E-state index in [4.69, 9.17) is 0 Å². The van der Waals surface area contributed by atoms with E-state index in [1.807, 2.05) is 60.7 Å². The van der Waals surface area contributed by atoms with Gasteiger partial charge in [0.25, 0.3) is 0 Å². The van der Waals surface area contributed by atoms with E-state index in [0.29, 0.717) is 6.54 Å². The third-order valence-electron chi connectivity index (χ3n) is 4.77. The number of pyridine rings is 1. The highest BCUT2D eigenvalue weighted by atomic mass is 32.2. The molecule has 31 heavy (non-hydrogen) atoms. The van der Waals surface area contributed by atoms with E-state index in [-0.39, 0.29) is 11.7 Å². The third-order valence-corrected chi connectivity index (χ3v) is 5.74. The molecule has 0 atom stereocenters. The van der Waals surface area contributed by atoms with Gasteiger partial charge in [0.15, 0.2) is 11.0 Å². The van der Waals surface area contributed by atoms with Crippen molar-refractivity contribution in [2.45, 2.75) is 24.7 Å². The summed E-state index contributed by atoms with van der Waals surface area (Å²) in [6, 6.07) is 24.0. The van der Waals surface area contributed by atoms with Crippen molar-refractivity contribution >= 4 is 17.7 Å². The number of hydrogen-bond donors (Lipinski definition) is 1. The molecule has 0 aliphatic carbocycles. The van der Waals surface area contributed by atoms with E-state index in [0.717, 1.165) is 35.1 Å². The molecule has 2 aromatic heterocycles. The molecule has 4 aromatic rings. The zero-order valence-corrected chi connectivity index (χ0v) is 17.8. The van der Waals surface area contributed by atoms with Crippen molar-refractivity contribution in [2.75, 3.05) is 5.75 Å². The molecule has 0 saturated carbocycles. The monoisotopic (exact) mass is 429 g/mol. The minimum atomic E-state index is -0.0330. The molecular formula is C24H23N5OS. The minimum absolute atomic E-state index is 0.0330. The summed E-state index contributed by atoms with van der Waals surface area (Å²) >= 11 is 1.40. The van der Waals surface area contributed by atoms with Gasteiger partial charge in [0.1, 0.15) is 0 Å². The van der Waals surface area contributed by atoms with Gasteiger partial charge in [0.2, 0.25) is 5.91 Å². The number of thioether (sulfide) groups is 1. The highest BCUT2D eigenvalue weighted by molar-refractivity contribution is 7.99. The second kappa shape index (κ2) is 10.5. The lowest BCUT2D eigenvalue weighted by molar-refractivity contribution is -0.118. The van der Waals surface area contributed by atoms with Crippen LogP contribution in [0.1, 0.15) is 11.1 Å². The van der Waals surface area contributed by atoms with Crippen LogP contribution < -0.4 is 5.32 Å². The summed E-state index contributed by atoms with van der Waals surface area (Å²) in [7, 11) is 0. The van der Waals surface area contributed by atoms with Crippen LogP contribution in [0.15, 0.2) is 90.3 Å². The summed E-state index contributed by atoms with van der Waals surface area (Å²) in [5.74, 6) is 1.01. The van der Waals surface area contributed by atoms with Crippen molar-refractivity contribution in [3.05, 3.63) is 96.3 Å². The largest absolute Gasteiger partial charge is 0.351 e. The van der Waals surface area contributed by atoms with Gasteiger partial charge in [0, 0.05) is 31.0 Å². The van der Waals surface area contributed by atoms with Gasteiger partial charge < -0.3 is 9.88 Å². The maximum absolute atomic E-state index is 12.4. The zero-order chi connectivity index (χ0) is 21.3. The lowest BCUT2D eigenvalue weighted by Crippen LogP contribution is -2.24. The second-order valence-electron chi connectivity index (χ2n) is 6.99. The van der Waals surface area contributed by atoms with Crippen LogP contribution in [0.25, 0.3) is 11.4 Å². The van der Waals surface area contributed by atoms with Crippen molar-refractivity contribution in [3.63, 3.8) is 0 Å². The Hall–Kier alpha value is -3.45. The Morgan fingerprint density at radius 3 is 2.35 bits per heavy atom. The topological polar surface area (TPSA) is 72.7 Å². The Bertz CT molecular complexity index is 1100. The average Bonchev–Trinajstić information content (AvgIpc) is 3.24. The van der Waals surface area contributed by atoms with Gasteiger partial charge in [-0.1, -0.05) is 72.4 Å². The van der Waals surface area contributed by atoms with Crippen molar-refractivity contribution < 1.29 is 4.79 Å². The quantitative estimate of drug-likeness (QED) is 0.407. The zero-order valence-electron chi connectivity index (χ0n) is 17.0. The van der Waals surface area contributed by atoms with E-state index >= 15 is 0 Å². The Morgan fingerprint density at radius 1 is 0.903 bits per heavy atom. The molecule has 1 N–H and O–H groups in total.